The van der Waals surface area contributed by atoms with Gasteiger partial charge in [-0.15, -0.1) is 0 Å². The van der Waals surface area contributed by atoms with Crippen molar-refractivity contribution in [2.45, 2.75) is 43.3 Å². The number of anilines is 1. The average molecular weight is 450 g/mol. The first kappa shape index (κ1) is 20.5. The molecule has 1 aromatic carbocycles. The van der Waals surface area contributed by atoms with Crippen LogP contribution in [0.3, 0.4) is 0 Å². The second-order valence-corrected chi connectivity index (χ2v) is 9.59. The zero-order chi connectivity index (χ0) is 22.1. The molecule has 4 aromatic rings. The van der Waals surface area contributed by atoms with E-state index in [4.69, 9.17) is 0 Å². The lowest BCUT2D eigenvalue weighted by Crippen LogP contribution is -2.27. The van der Waals surface area contributed by atoms with Crippen molar-refractivity contribution in [1.29, 1.82) is 0 Å². The molecule has 1 aliphatic carbocycles. The molecule has 0 bridgehead atoms. The number of nitrogens with one attached hydrogen (secondary N) is 2. The minimum Gasteiger partial charge on any atom is -0.379 e. The number of pyridine rings is 1. The van der Waals surface area contributed by atoms with E-state index in [9.17, 15) is 8.42 Å². The molecule has 5 rings (SSSR count). The van der Waals surface area contributed by atoms with Crippen LogP contribution < -0.4 is 10.0 Å². The fourth-order valence-electron chi connectivity index (χ4n) is 3.64. The lowest BCUT2D eigenvalue weighted by atomic mass is 10.1. The zero-order valence-electron chi connectivity index (χ0n) is 17.5. The molecule has 1 saturated carbocycles. The summed E-state index contributed by atoms with van der Waals surface area (Å²) < 4.78 is 31.3. The highest BCUT2D eigenvalue weighted by molar-refractivity contribution is 7.89. The van der Waals surface area contributed by atoms with Crippen molar-refractivity contribution >= 4 is 26.5 Å². The first-order chi connectivity index (χ1) is 15.5. The molecular formula is C22H23N7O2S. The third kappa shape index (κ3) is 4.19. The summed E-state index contributed by atoms with van der Waals surface area (Å²) in [6, 6.07) is 5.13. The summed E-state index contributed by atoms with van der Waals surface area (Å²) in [6.07, 6.45) is 14.1. The topological polar surface area (TPSA) is 115 Å². The largest absolute Gasteiger partial charge is 0.379 e. The molecule has 1 atom stereocenters. The van der Waals surface area contributed by atoms with Crippen molar-refractivity contribution in [3.63, 3.8) is 0 Å². The van der Waals surface area contributed by atoms with Crippen molar-refractivity contribution in [3.05, 3.63) is 72.8 Å². The monoisotopic (exact) mass is 449 g/mol. The van der Waals surface area contributed by atoms with Crippen LogP contribution in [-0.4, -0.2) is 33.2 Å². The van der Waals surface area contributed by atoms with E-state index in [0.29, 0.717) is 23.4 Å². The van der Waals surface area contributed by atoms with Crippen LogP contribution in [0.2, 0.25) is 0 Å². The molecule has 0 amide bonds. The van der Waals surface area contributed by atoms with Crippen LogP contribution in [0.4, 0.5) is 5.69 Å². The van der Waals surface area contributed by atoms with E-state index >= 15 is 0 Å². The van der Waals surface area contributed by atoms with E-state index in [1.165, 1.54) is 0 Å². The molecule has 1 unspecified atom stereocenters. The van der Waals surface area contributed by atoms with Gasteiger partial charge in [0.25, 0.3) is 0 Å². The molecule has 9 nitrogen and oxygen atoms in total. The van der Waals surface area contributed by atoms with Gasteiger partial charge in [0.1, 0.15) is 0 Å². The van der Waals surface area contributed by atoms with Gasteiger partial charge in [0.15, 0.2) is 0 Å². The number of hydrogen-bond acceptors (Lipinski definition) is 7. The second-order valence-electron chi connectivity index (χ2n) is 7.91. The first-order valence-corrected chi connectivity index (χ1v) is 11.9. The van der Waals surface area contributed by atoms with Crippen molar-refractivity contribution in [2.75, 3.05) is 5.32 Å². The first-order valence-electron chi connectivity index (χ1n) is 10.4. The molecule has 2 N–H and O–H groups in total. The number of nitrogens with zero attached hydrogens (tertiary/aromatic N) is 5. The molecule has 32 heavy (non-hydrogen) atoms. The Hall–Kier alpha value is -3.37. The molecule has 3 heterocycles. The number of aromatic nitrogens is 5. The predicted octanol–water partition coefficient (Wildman–Crippen LogP) is 3.21. The smallest absolute Gasteiger partial charge is 0.241 e. The van der Waals surface area contributed by atoms with Crippen LogP contribution in [-0.2, 0) is 16.6 Å². The summed E-state index contributed by atoms with van der Waals surface area (Å²) in [5.74, 6) is 0. The normalized spacial score (nSPS) is 15.0. The van der Waals surface area contributed by atoms with Gasteiger partial charge in [0.05, 0.1) is 35.6 Å². The van der Waals surface area contributed by atoms with Gasteiger partial charge in [0.2, 0.25) is 10.0 Å². The van der Waals surface area contributed by atoms with E-state index in [2.05, 4.69) is 30.1 Å². The summed E-state index contributed by atoms with van der Waals surface area (Å²) >= 11 is 0. The Bertz CT molecular complexity index is 1350. The highest BCUT2D eigenvalue weighted by Gasteiger charge is 2.26. The van der Waals surface area contributed by atoms with Gasteiger partial charge >= 0.3 is 0 Å². The lowest BCUT2D eigenvalue weighted by molar-refractivity contribution is 0.567. The number of hydrogen-bond donors (Lipinski definition) is 2. The molecule has 0 saturated heterocycles. The van der Waals surface area contributed by atoms with Crippen LogP contribution in [0.1, 0.15) is 43.1 Å². The van der Waals surface area contributed by atoms with Crippen molar-refractivity contribution < 1.29 is 8.42 Å². The zero-order valence-corrected chi connectivity index (χ0v) is 18.3. The second kappa shape index (κ2) is 8.29. The molecular weight excluding hydrogens is 426 g/mol. The molecule has 10 heteroatoms. The Morgan fingerprint density at radius 3 is 2.69 bits per heavy atom. The summed E-state index contributed by atoms with van der Waals surface area (Å²) in [5.41, 5.74) is 2.40. The number of benzene rings is 1. The molecule has 1 fully saturated rings. The third-order valence-electron chi connectivity index (χ3n) is 5.52. The van der Waals surface area contributed by atoms with E-state index in [-0.39, 0.29) is 4.90 Å². The Kier molecular flexibility index (Phi) is 5.32. The predicted molar refractivity (Wildman–Crippen MR) is 120 cm³/mol. The minimum atomic E-state index is -3.78. The Morgan fingerprint density at radius 2 is 1.91 bits per heavy atom. The molecule has 3 aromatic heterocycles. The number of fused-ring (bicyclic) bond motifs is 1. The molecule has 164 valence electrons. The van der Waals surface area contributed by atoms with Crippen LogP contribution in [0, 0.1) is 0 Å². The maximum atomic E-state index is 13.3. The highest BCUT2D eigenvalue weighted by atomic mass is 32.2. The SMILES string of the molecule is CC(NS(=O)(=O)c1ccc(NCc2cnccn2)c2cnccc12)c1cnn(C2CC2)c1. The lowest BCUT2D eigenvalue weighted by Gasteiger charge is -2.16. The molecule has 0 radical (unpaired) electrons. The van der Waals surface area contributed by atoms with Crippen LogP contribution in [0.25, 0.3) is 10.8 Å². The van der Waals surface area contributed by atoms with Gasteiger partial charge in [0, 0.05) is 59.0 Å². The fraction of sp³-hybridized carbons (Fsp3) is 0.273. The van der Waals surface area contributed by atoms with Gasteiger partial charge < -0.3 is 5.32 Å². The molecule has 0 spiro atoms. The maximum Gasteiger partial charge on any atom is 0.241 e. The quantitative estimate of drug-likeness (QED) is 0.424. The van der Waals surface area contributed by atoms with Crippen LogP contribution >= 0.6 is 0 Å². The summed E-state index contributed by atoms with van der Waals surface area (Å²) in [7, 11) is -3.78. The maximum absolute atomic E-state index is 13.3. The molecule has 0 aliphatic heterocycles. The average Bonchev–Trinajstić information content (AvgIpc) is 3.53. The Labute approximate surface area is 186 Å². The Morgan fingerprint density at radius 1 is 1.06 bits per heavy atom. The van der Waals surface area contributed by atoms with E-state index < -0.39 is 16.1 Å². The van der Waals surface area contributed by atoms with E-state index in [1.54, 1.807) is 55.4 Å². The highest BCUT2D eigenvalue weighted by Crippen LogP contribution is 2.35. The van der Waals surface area contributed by atoms with Gasteiger partial charge in [-0.25, -0.2) is 13.1 Å². The fourth-order valence-corrected chi connectivity index (χ4v) is 5.08. The van der Waals surface area contributed by atoms with Crippen LogP contribution in [0.5, 0.6) is 0 Å². The van der Waals surface area contributed by atoms with E-state index in [1.807, 2.05) is 17.8 Å². The Balaban J connectivity index is 1.41. The van der Waals surface area contributed by atoms with Crippen molar-refractivity contribution in [3.8, 4) is 0 Å². The van der Waals surface area contributed by atoms with Crippen molar-refractivity contribution in [1.82, 2.24) is 29.5 Å². The summed E-state index contributed by atoms with van der Waals surface area (Å²) in [5, 5.41) is 8.98. The van der Waals surface area contributed by atoms with Crippen LogP contribution in [0.15, 0.2) is 66.5 Å². The third-order valence-corrected chi connectivity index (χ3v) is 7.12. The van der Waals surface area contributed by atoms with Gasteiger partial charge in [-0.3, -0.25) is 19.6 Å². The van der Waals surface area contributed by atoms with E-state index in [0.717, 1.165) is 29.8 Å². The van der Waals surface area contributed by atoms with Crippen molar-refractivity contribution in [2.24, 2.45) is 0 Å². The standard InChI is InChI=1S/C22H23N7O2S/c1-15(16-10-27-29(14-16)18-2-3-18)28-32(30,31)22-5-4-21(20-13-23-7-6-19(20)22)26-12-17-11-24-8-9-25-17/h4-11,13-15,18,26,28H,2-3,12H2,1H3. The minimum absolute atomic E-state index is 0.210. The number of rotatable bonds is 8. The summed E-state index contributed by atoms with van der Waals surface area (Å²) in [6.45, 7) is 2.29. The van der Waals surface area contributed by atoms with Gasteiger partial charge in [-0.1, -0.05) is 0 Å². The molecule has 1 aliphatic rings. The number of sulfonamides is 1. The summed E-state index contributed by atoms with van der Waals surface area (Å²) in [4.78, 5) is 12.7. The van der Waals surface area contributed by atoms with Gasteiger partial charge in [-0.2, -0.15) is 5.10 Å². The van der Waals surface area contributed by atoms with Gasteiger partial charge in [-0.05, 0) is 38.0 Å².